The lowest BCUT2D eigenvalue weighted by atomic mass is 9.45. The minimum Gasteiger partial charge on any atom is -0.466 e. The van der Waals surface area contributed by atoms with Gasteiger partial charge in [0.1, 0.15) is 0 Å². The molecule has 3 fully saturated rings. The number of carbonyl (C=O) groups is 3. The first-order valence-electron chi connectivity index (χ1n) is 12.1. The van der Waals surface area contributed by atoms with Gasteiger partial charge in [0.2, 0.25) is 11.4 Å². The predicted octanol–water partition coefficient (Wildman–Crippen LogP) is 4.23. The molecule has 8 atom stereocenters. The van der Waals surface area contributed by atoms with Gasteiger partial charge in [0.05, 0.1) is 24.4 Å². The molecule has 0 unspecified atom stereocenters. The van der Waals surface area contributed by atoms with Crippen LogP contribution in [0.3, 0.4) is 0 Å². The number of alkyl halides is 1. The number of hydrogen-bond donors (Lipinski definition) is 1. The van der Waals surface area contributed by atoms with E-state index in [1.165, 1.54) is 25.5 Å². The number of methoxy groups -OCH3 is 1. The van der Waals surface area contributed by atoms with Gasteiger partial charge in [0.15, 0.2) is 5.78 Å². The number of aliphatic hydroxyl groups excluding tert-OH is 1. The monoisotopic (exact) mass is 502 g/mol. The maximum absolute atomic E-state index is 13.5. The van der Waals surface area contributed by atoms with Gasteiger partial charge < -0.3 is 19.0 Å². The molecule has 4 aliphatic rings. The van der Waals surface area contributed by atoms with Crippen LogP contribution < -0.4 is 0 Å². The number of hydrogen-bond acceptors (Lipinski definition) is 7. The molecule has 188 valence electrons. The van der Waals surface area contributed by atoms with Crippen LogP contribution in [0.1, 0.15) is 57.0 Å². The van der Waals surface area contributed by atoms with Crippen molar-refractivity contribution in [3.8, 4) is 0 Å². The Morgan fingerprint density at radius 2 is 2.00 bits per heavy atom. The number of rotatable bonds is 3. The van der Waals surface area contributed by atoms with E-state index < -0.39 is 39.3 Å². The molecule has 0 radical (unpaired) electrons. The molecule has 7 nitrogen and oxygen atoms in total. The summed E-state index contributed by atoms with van der Waals surface area (Å²) in [5.74, 6) is -2.18. The van der Waals surface area contributed by atoms with Crippen molar-refractivity contribution in [1.29, 1.82) is 0 Å². The maximum atomic E-state index is 13.5. The fourth-order valence-corrected chi connectivity index (χ4v) is 8.49. The number of halogens is 1. The first-order valence-corrected chi connectivity index (χ1v) is 12.5. The predicted molar refractivity (Wildman–Crippen MR) is 127 cm³/mol. The molecule has 4 aliphatic carbocycles. The van der Waals surface area contributed by atoms with E-state index in [1.54, 1.807) is 12.1 Å². The molecule has 0 bridgehead atoms. The van der Waals surface area contributed by atoms with Crippen molar-refractivity contribution in [2.75, 3.05) is 7.11 Å². The molecule has 5 rings (SSSR count). The molecular formula is C27H31ClO7. The smallest absolute Gasteiger partial charge is 0.375 e. The van der Waals surface area contributed by atoms with E-state index in [9.17, 15) is 19.5 Å². The molecule has 1 N–H and O–H groups in total. The number of ether oxygens (including phenoxy) is 2. The molecule has 3 saturated carbocycles. The minimum absolute atomic E-state index is 0.00690. The van der Waals surface area contributed by atoms with Crippen molar-refractivity contribution in [2.24, 2.45) is 28.6 Å². The van der Waals surface area contributed by atoms with Gasteiger partial charge in [-0.25, -0.2) is 9.59 Å². The maximum Gasteiger partial charge on any atom is 0.375 e. The fourth-order valence-electron chi connectivity index (χ4n) is 7.97. The van der Waals surface area contributed by atoms with E-state index in [0.717, 1.165) is 5.57 Å². The quantitative estimate of drug-likeness (QED) is 0.487. The first-order chi connectivity index (χ1) is 16.5. The average Bonchev–Trinajstić information content (AvgIpc) is 3.42. The van der Waals surface area contributed by atoms with E-state index in [4.69, 9.17) is 25.5 Å². The number of carbonyl (C=O) groups excluding carboxylic acids is 3. The number of fused-ring (bicyclic) bond motifs is 5. The zero-order valence-electron chi connectivity index (χ0n) is 20.4. The summed E-state index contributed by atoms with van der Waals surface area (Å²) < 4.78 is 16.5. The van der Waals surface area contributed by atoms with Crippen LogP contribution in [0.4, 0.5) is 0 Å². The normalized spacial score (nSPS) is 44.1. The Kier molecular flexibility index (Phi) is 5.43. The zero-order chi connectivity index (χ0) is 25.4. The molecule has 0 aliphatic heterocycles. The summed E-state index contributed by atoms with van der Waals surface area (Å²) in [6.07, 6.45) is 7.35. The Morgan fingerprint density at radius 3 is 2.66 bits per heavy atom. The lowest BCUT2D eigenvalue weighted by Gasteiger charge is -2.63. The van der Waals surface area contributed by atoms with Crippen LogP contribution >= 0.6 is 11.6 Å². The number of aliphatic hydroxyl groups is 1. The highest BCUT2D eigenvalue weighted by atomic mass is 35.5. The van der Waals surface area contributed by atoms with Crippen LogP contribution in [0, 0.1) is 28.6 Å². The molecule has 1 aromatic rings. The van der Waals surface area contributed by atoms with Crippen LogP contribution in [0.5, 0.6) is 0 Å². The Morgan fingerprint density at radius 1 is 1.26 bits per heavy atom. The Hall–Kier alpha value is -2.38. The largest absolute Gasteiger partial charge is 0.466 e. The van der Waals surface area contributed by atoms with Crippen molar-refractivity contribution in [3.63, 3.8) is 0 Å². The average molecular weight is 503 g/mol. The summed E-state index contributed by atoms with van der Waals surface area (Å²) in [6, 6.07) is 3.06. The van der Waals surface area contributed by atoms with Crippen LogP contribution in [0.25, 0.3) is 0 Å². The summed E-state index contributed by atoms with van der Waals surface area (Å²) in [5.41, 5.74) is -2.34. The number of ketones is 1. The highest BCUT2D eigenvalue weighted by molar-refractivity contribution is 6.26. The topological polar surface area (TPSA) is 103 Å². The Balaban J connectivity index is 1.61. The lowest BCUT2D eigenvalue weighted by Crippen LogP contribution is -2.69. The second-order valence-electron chi connectivity index (χ2n) is 11.0. The molecule has 0 aromatic carbocycles. The van der Waals surface area contributed by atoms with Crippen molar-refractivity contribution in [1.82, 2.24) is 0 Å². The lowest BCUT2D eigenvalue weighted by molar-refractivity contribution is -0.198. The molecule has 35 heavy (non-hydrogen) atoms. The first kappa shape index (κ1) is 24.3. The van der Waals surface area contributed by atoms with E-state index in [0.29, 0.717) is 19.3 Å². The second kappa shape index (κ2) is 7.81. The minimum atomic E-state index is -1.62. The van der Waals surface area contributed by atoms with Crippen molar-refractivity contribution in [3.05, 3.63) is 48.0 Å². The van der Waals surface area contributed by atoms with Gasteiger partial charge in [-0.3, -0.25) is 4.79 Å². The number of furan rings is 1. The van der Waals surface area contributed by atoms with Gasteiger partial charge in [0, 0.05) is 16.7 Å². The second-order valence-corrected chi connectivity index (χ2v) is 11.6. The van der Waals surface area contributed by atoms with Gasteiger partial charge in [0.25, 0.3) is 0 Å². The number of esters is 2. The Labute approximate surface area is 209 Å². The van der Waals surface area contributed by atoms with Gasteiger partial charge in [-0.15, -0.1) is 11.6 Å². The van der Waals surface area contributed by atoms with Crippen LogP contribution in [-0.4, -0.2) is 46.5 Å². The van der Waals surface area contributed by atoms with Crippen molar-refractivity contribution in [2.45, 2.75) is 63.0 Å². The molecule has 0 spiro atoms. The van der Waals surface area contributed by atoms with E-state index in [1.807, 2.05) is 26.8 Å². The molecular weight excluding hydrogens is 472 g/mol. The molecule has 8 heteroatoms. The van der Waals surface area contributed by atoms with Gasteiger partial charge in [-0.1, -0.05) is 32.4 Å². The van der Waals surface area contributed by atoms with Gasteiger partial charge in [-0.05, 0) is 61.8 Å². The summed E-state index contributed by atoms with van der Waals surface area (Å²) in [7, 11) is 1.28. The van der Waals surface area contributed by atoms with Gasteiger partial charge in [-0.2, -0.15) is 0 Å². The van der Waals surface area contributed by atoms with Gasteiger partial charge >= 0.3 is 11.9 Å². The van der Waals surface area contributed by atoms with Crippen molar-refractivity contribution < 1.29 is 33.4 Å². The summed E-state index contributed by atoms with van der Waals surface area (Å²) in [6.45, 7) is 5.77. The standard InChI is InChI=1S/C27H31ClO7/c1-15-12-19-18-8-7-16-13-17(29)9-10-24(16,2)26(18,28)21(30)14-25(19,3)27(15,23(32)33-4)35-22(31)20-6-5-11-34-20/h5-6,9-11,13,15,18-19,21,30H,7-8,12,14H2,1-4H3/t15-,18+,19+,21+,24+,25+,26+,27+/m1/s1. The summed E-state index contributed by atoms with van der Waals surface area (Å²) in [4.78, 5) is 37.6. The highest BCUT2D eigenvalue weighted by Gasteiger charge is 2.77. The molecule has 0 saturated heterocycles. The van der Waals surface area contributed by atoms with Crippen LogP contribution in [0.2, 0.25) is 0 Å². The SMILES string of the molecule is COC(=O)[C@@]1(OC(=O)c2ccco2)[C@H](C)C[C@H]2[C@@H]3CCC4=CC(=O)C=C[C@]4(C)[C@@]3(Cl)[C@@H](O)C[C@@]21C. The zero-order valence-corrected chi connectivity index (χ0v) is 21.1. The third-order valence-corrected chi connectivity index (χ3v) is 10.6. The Bertz CT molecular complexity index is 1140. The van der Waals surface area contributed by atoms with Crippen LogP contribution in [0.15, 0.2) is 46.6 Å². The summed E-state index contributed by atoms with van der Waals surface area (Å²) >= 11 is 7.47. The summed E-state index contributed by atoms with van der Waals surface area (Å²) in [5, 5.41) is 11.7. The molecule has 1 aromatic heterocycles. The fraction of sp³-hybridized carbons (Fsp3) is 0.593. The van der Waals surface area contributed by atoms with E-state index >= 15 is 0 Å². The van der Waals surface area contributed by atoms with Crippen LogP contribution in [-0.2, 0) is 19.1 Å². The van der Waals surface area contributed by atoms with Crippen molar-refractivity contribution >= 4 is 29.3 Å². The highest BCUT2D eigenvalue weighted by Crippen LogP contribution is 2.72. The number of allylic oxidation sites excluding steroid dienone is 4. The van der Waals surface area contributed by atoms with E-state index in [-0.39, 0.29) is 35.7 Å². The molecule has 1 heterocycles. The third kappa shape index (κ3) is 2.91. The molecule has 0 amide bonds. The van der Waals surface area contributed by atoms with E-state index in [2.05, 4.69) is 0 Å². The third-order valence-electron chi connectivity index (χ3n) is 9.65.